The number of hydrogen-bond acceptors (Lipinski definition) is 4. The van der Waals surface area contributed by atoms with Crippen LogP contribution in [0.25, 0.3) is 0 Å². The number of alkyl carbamates (subject to hydrolysis) is 1. The predicted molar refractivity (Wildman–Crippen MR) is 95.1 cm³/mol. The molecule has 1 amide bonds. The minimum atomic E-state index is -0.791. The van der Waals surface area contributed by atoms with Crippen molar-refractivity contribution in [3.8, 4) is 0 Å². The number of hydrogen-bond donors (Lipinski definition) is 1. The van der Waals surface area contributed by atoms with Crippen LogP contribution in [0.1, 0.15) is 23.6 Å². The number of amides is 1. The summed E-state index contributed by atoms with van der Waals surface area (Å²) in [5.74, 6) is -0.503. The summed E-state index contributed by atoms with van der Waals surface area (Å²) in [6.45, 7) is 2.22. The molecule has 0 aliphatic rings. The molecule has 132 valence electrons. The van der Waals surface area contributed by atoms with Crippen LogP contribution in [0.2, 0.25) is 0 Å². The molecule has 0 fully saturated rings. The van der Waals surface area contributed by atoms with Gasteiger partial charge in [-0.05, 0) is 23.1 Å². The maximum Gasteiger partial charge on any atom is 0.408 e. The van der Waals surface area contributed by atoms with Crippen molar-refractivity contribution >= 4 is 12.1 Å². The van der Waals surface area contributed by atoms with Gasteiger partial charge in [-0.1, -0.05) is 61.5 Å². The van der Waals surface area contributed by atoms with E-state index in [9.17, 15) is 9.59 Å². The molecule has 0 aromatic heterocycles. The third-order valence-corrected chi connectivity index (χ3v) is 3.86. The lowest BCUT2D eigenvalue weighted by Crippen LogP contribution is -2.43. The molecular weight excluding hydrogens is 318 g/mol. The zero-order chi connectivity index (χ0) is 18.1. The molecule has 2 aromatic rings. The van der Waals surface area contributed by atoms with E-state index in [0.29, 0.717) is 6.42 Å². The fraction of sp³-hybridized carbons (Fsp3) is 0.300. The topological polar surface area (TPSA) is 64.6 Å². The Morgan fingerprint density at radius 3 is 2.20 bits per heavy atom. The summed E-state index contributed by atoms with van der Waals surface area (Å²) in [5, 5.41) is 2.58. The van der Waals surface area contributed by atoms with Crippen LogP contribution in [-0.2, 0) is 33.7 Å². The fourth-order valence-electron chi connectivity index (χ4n) is 2.39. The van der Waals surface area contributed by atoms with Gasteiger partial charge in [0.05, 0.1) is 7.11 Å². The van der Waals surface area contributed by atoms with Crippen LogP contribution in [0.5, 0.6) is 0 Å². The summed E-state index contributed by atoms with van der Waals surface area (Å²) in [5.41, 5.74) is 3.03. The molecule has 0 bridgehead atoms. The van der Waals surface area contributed by atoms with E-state index < -0.39 is 18.1 Å². The van der Waals surface area contributed by atoms with Crippen LogP contribution in [0.3, 0.4) is 0 Å². The molecule has 1 N–H and O–H groups in total. The Labute approximate surface area is 148 Å². The van der Waals surface area contributed by atoms with Gasteiger partial charge in [0.15, 0.2) is 0 Å². The number of methoxy groups -OCH3 is 1. The van der Waals surface area contributed by atoms with E-state index in [2.05, 4.69) is 12.2 Å². The van der Waals surface area contributed by atoms with Crippen molar-refractivity contribution in [2.24, 2.45) is 0 Å². The second-order valence-corrected chi connectivity index (χ2v) is 5.66. The van der Waals surface area contributed by atoms with Crippen molar-refractivity contribution in [2.75, 3.05) is 7.11 Å². The van der Waals surface area contributed by atoms with Crippen LogP contribution >= 0.6 is 0 Å². The minimum absolute atomic E-state index is 0.145. The molecule has 2 rings (SSSR count). The van der Waals surface area contributed by atoms with Gasteiger partial charge in [0.25, 0.3) is 0 Å². The Kier molecular flexibility index (Phi) is 7.01. The smallest absolute Gasteiger partial charge is 0.408 e. The van der Waals surface area contributed by atoms with Gasteiger partial charge < -0.3 is 14.8 Å². The van der Waals surface area contributed by atoms with Crippen LogP contribution in [0, 0.1) is 0 Å². The highest BCUT2D eigenvalue weighted by Crippen LogP contribution is 2.09. The molecule has 0 heterocycles. The molecule has 0 aliphatic heterocycles. The molecule has 1 atom stereocenters. The van der Waals surface area contributed by atoms with Crippen molar-refractivity contribution < 1.29 is 19.1 Å². The Morgan fingerprint density at radius 1 is 0.960 bits per heavy atom. The van der Waals surface area contributed by atoms with Crippen molar-refractivity contribution in [3.05, 3.63) is 71.3 Å². The number of carbonyl (C=O) groups excluding carboxylic acids is 2. The molecule has 5 heteroatoms. The Balaban J connectivity index is 1.94. The molecule has 25 heavy (non-hydrogen) atoms. The first-order valence-corrected chi connectivity index (χ1v) is 8.25. The second kappa shape index (κ2) is 9.47. The lowest BCUT2D eigenvalue weighted by atomic mass is 10.0. The van der Waals surface area contributed by atoms with Crippen LogP contribution in [-0.4, -0.2) is 25.2 Å². The summed E-state index contributed by atoms with van der Waals surface area (Å²) in [6, 6.07) is 16.5. The summed E-state index contributed by atoms with van der Waals surface area (Å²) < 4.78 is 9.95. The van der Waals surface area contributed by atoms with E-state index in [1.54, 1.807) is 0 Å². The second-order valence-electron chi connectivity index (χ2n) is 5.66. The van der Waals surface area contributed by atoms with Crippen molar-refractivity contribution in [1.82, 2.24) is 5.32 Å². The maximum absolute atomic E-state index is 12.0. The highest BCUT2D eigenvalue weighted by molar-refractivity contribution is 5.81. The minimum Gasteiger partial charge on any atom is -0.467 e. The monoisotopic (exact) mass is 341 g/mol. The van der Waals surface area contributed by atoms with Gasteiger partial charge in [-0.2, -0.15) is 0 Å². The molecule has 0 saturated heterocycles. The van der Waals surface area contributed by atoms with Crippen LogP contribution < -0.4 is 5.32 Å². The molecular formula is C20H23NO4. The van der Waals surface area contributed by atoms with Crippen molar-refractivity contribution in [3.63, 3.8) is 0 Å². The number of aryl methyl sites for hydroxylation is 1. The largest absolute Gasteiger partial charge is 0.467 e. The Morgan fingerprint density at radius 2 is 1.60 bits per heavy atom. The molecule has 1 unspecified atom stereocenters. The predicted octanol–water partition coefficient (Wildman–Crippen LogP) is 3.26. The number of nitrogens with one attached hydrogen (secondary N) is 1. The third-order valence-electron chi connectivity index (χ3n) is 3.86. The molecule has 5 nitrogen and oxygen atoms in total. The average Bonchev–Trinajstić information content (AvgIpc) is 2.66. The van der Waals surface area contributed by atoms with E-state index >= 15 is 0 Å². The Bertz CT molecular complexity index is 683. The number of carbonyl (C=O) groups is 2. The summed E-state index contributed by atoms with van der Waals surface area (Å²) in [4.78, 5) is 24.0. The fourth-order valence-corrected chi connectivity index (χ4v) is 2.39. The van der Waals surface area contributed by atoms with E-state index in [0.717, 1.165) is 17.5 Å². The lowest BCUT2D eigenvalue weighted by Gasteiger charge is -2.16. The highest BCUT2D eigenvalue weighted by Gasteiger charge is 2.22. The van der Waals surface area contributed by atoms with Gasteiger partial charge in [-0.3, -0.25) is 0 Å². The zero-order valence-electron chi connectivity index (χ0n) is 14.5. The van der Waals surface area contributed by atoms with Gasteiger partial charge in [0.2, 0.25) is 0 Å². The summed E-state index contributed by atoms with van der Waals surface area (Å²) >= 11 is 0. The van der Waals surface area contributed by atoms with E-state index in [-0.39, 0.29) is 6.61 Å². The Hall–Kier alpha value is -2.82. The van der Waals surface area contributed by atoms with E-state index in [1.807, 2.05) is 54.6 Å². The first kappa shape index (κ1) is 18.5. The van der Waals surface area contributed by atoms with Crippen LogP contribution in [0.15, 0.2) is 54.6 Å². The quantitative estimate of drug-likeness (QED) is 0.785. The van der Waals surface area contributed by atoms with Gasteiger partial charge in [-0.25, -0.2) is 9.59 Å². The lowest BCUT2D eigenvalue weighted by molar-refractivity contribution is -0.143. The molecule has 0 saturated carbocycles. The molecule has 0 spiro atoms. The van der Waals surface area contributed by atoms with Crippen molar-refractivity contribution in [1.29, 1.82) is 0 Å². The average molecular weight is 341 g/mol. The first-order chi connectivity index (χ1) is 12.1. The van der Waals surface area contributed by atoms with Crippen molar-refractivity contribution in [2.45, 2.75) is 32.4 Å². The number of esters is 1. The van der Waals surface area contributed by atoms with E-state index in [1.165, 1.54) is 12.7 Å². The van der Waals surface area contributed by atoms with Gasteiger partial charge in [-0.15, -0.1) is 0 Å². The third kappa shape index (κ3) is 5.95. The number of rotatable bonds is 7. The first-order valence-electron chi connectivity index (χ1n) is 8.25. The zero-order valence-corrected chi connectivity index (χ0v) is 14.5. The molecule has 0 aliphatic carbocycles. The maximum atomic E-state index is 12.0. The summed E-state index contributed by atoms with van der Waals surface area (Å²) in [6.07, 6.45) is 0.645. The summed E-state index contributed by atoms with van der Waals surface area (Å²) in [7, 11) is 1.30. The number of benzene rings is 2. The number of ether oxygens (including phenoxy) is 2. The van der Waals surface area contributed by atoms with E-state index in [4.69, 9.17) is 9.47 Å². The molecule has 0 radical (unpaired) electrons. The van der Waals surface area contributed by atoms with Crippen LogP contribution in [0.4, 0.5) is 4.79 Å². The SMILES string of the molecule is CCc1ccc(CC(NC(=O)OCc2ccccc2)C(=O)OC)cc1. The normalized spacial score (nSPS) is 11.4. The standard InChI is InChI=1S/C20H23NO4/c1-3-15-9-11-16(12-10-15)13-18(19(22)24-2)21-20(23)25-14-17-7-5-4-6-8-17/h4-12,18H,3,13-14H2,1-2H3,(H,21,23). The van der Waals surface area contributed by atoms with Gasteiger partial charge in [0, 0.05) is 6.42 Å². The van der Waals surface area contributed by atoms with Gasteiger partial charge in [0.1, 0.15) is 12.6 Å². The highest BCUT2D eigenvalue weighted by atomic mass is 16.6. The van der Waals surface area contributed by atoms with Gasteiger partial charge >= 0.3 is 12.1 Å². The molecule has 2 aromatic carbocycles.